The van der Waals surface area contributed by atoms with E-state index in [-0.39, 0.29) is 30.9 Å². The van der Waals surface area contributed by atoms with Crippen molar-refractivity contribution >= 4 is 17.8 Å². The molecule has 3 aliphatic rings. The lowest BCUT2D eigenvalue weighted by Crippen LogP contribution is -2.56. The first-order valence-electron chi connectivity index (χ1n) is 12.5. The second-order valence-electron chi connectivity index (χ2n) is 9.99. The number of hydrogen-bond acceptors (Lipinski definition) is 4. The molecule has 3 saturated heterocycles. The number of benzene rings is 1. The quantitative estimate of drug-likeness (QED) is 0.465. The number of carbonyl (C=O) groups excluding carboxylic acids is 3. The van der Waals surface area contributed by atoms with E-state index in [0.717, 1.165) is 25.8 Å². The normalized spacial score (nSPS) is 26.0. The van der Waals surface area contributed by atoms with Crippen molar-refractivity contribution in [3.63, 3.8) is 0 Å². The number of piperidine rings is 1. The molecule has 0 aliphatic carbocycles. The number of halogens is 3. The lowest BCUT2D eigenvalue weighted by molar-refractivity contribution is -0.134. The minimum absolute atomic E-state index is 0.183. The highest BCUT2D eigenvalue weighted by atomic mass is 19.2. The Labute approximate surface area is 203 Å². The van der Waals surface area contributed by atoms with Gasteiger partial charge in [-0.2, -0.15) is 0 Å². The standard InChI is InChI=1S/C25H33F3N4O3/c1-3-9-25(23(34)32(24(35)29-25)13-8-17-5-4-10-30(17)2)16-6-11-31(12-7-16)22(33)18-14-20(27)21(28)15-19(18)26/h14-17H,3-13H2,1-2H3,(H,29,35). The first-order valence-corrected chi connectivity index (χ1v) is 12.5. The second-order valence-corrected chi connectivity index (χ2v) is 9.99. The van der Waals surface area contributed by atoms with Crippen LogP contribution in [0.4, 0.5) is 18.0 Å². The maximum Gasteiger partial charge on any atom is 0.325 e. The molecule has 4 rings (SSSR count). The smallest absolute Gasteiger partial charge is 0.325 e. The summed E-state index contributed by atoms with van der Waals surface area (Å²) in [5, 5.41) is 2.99. The van der Waals surface area contributed by atoms with Gasteiger partial charge in [-0.1, -0.05) is 13.3 Å². The number of imide groups is 1. The van der Waals surface area contributed by atoms with Crippen molar-refractivity contribution in [3.8, 4) is 0 Å². The van der Waals surface area contributed by atoms with Gasteiger partial charge >= 0.3 is 6.03 Å². The molecule has 10 heteroatoms. The van der Waals surface area contributed by atoms with Gasteiger partial charge in [-0.15, -0.1) is 0 Å². The highest BCUT2D eigenvalue weighted by molar-refractivity contribution is 6.07. The van der Waals surface area contributed by atoms with Crippen LogP contribution < -0.4 is 5.32 Å². The largest absolute Gasteiger partial charge is 0.339 e. The SMILES string of the molecule is CCCC1(C2CCN(C(=O)c3cc(F)c(F)cc3F)CC2)NC(=O)N(CCC2CCCN2C)C1=O. The van der Waals surface area contributed by atoms with E-state index in [1.165, 1.54) is 9.80 Å². The van der Waals surface area contributed by atoms with Crippen LogP contribution in [0.25, 0.3) is 0 Å². The highest BCUT2D eigenvalue weighted by Gasteiger charge is 2.55. The van der Waals surface area contributed by atoms with Gasteiger partial charge in [0.15, 0.2) is 11.6 Å². The van der Waals surface area contributed by atoms with Gasteiger partial charge in [0, 0.05) is 31.7 Å². The third-order valence-electron chi connectivity index (χ3n) is 7.92. The minimum atomic E-state index is -1.35. The Bertz CT molecular complexity index is 998. The van der Waals surface area contributed by atoms with Crippen molar-refractivity contribution in [2.24, 2.45) is 5.92 Å². The number of urea groups is 1. The molecule has 1 N–H and O–H groups in total. The van der Waals surface area contributed by atoms with Crippen LogP contribution in [0, 0.1) is 23.4 Å². The van der Waals surface area contributed by atoms with Gasteiger partial charge in [-0.05, 0) is 64.1 Å². The van der Waals surface area contributed by atoms with E-state index >= 15 is 0 Å². The molecule has 2 atom stereocenters. The number of hydrogen-bond donors (Lipinski definition) is 1. The van der Waals surface area contributed by atoms with Crippen molar-refractivity contribution < 1.29 is 27.6 Å². The van der Waals surface area contributed by atoms with Crippen molar-refractivity contribution in [2.45, 2.75) is 63.5 Å². The summed E-state index contributed by atoms with van der Waals surface area (Å²) in [5.41, 5.74) is -1.53. The summed E-state index contributed by atoms with van der Waals surface area (Å²) in [5.74, 6) is -4.85. The number of likely N-dealkylation sites (tertiary alicyclic amines) is 2. The molecule has 0 radical (unpaired) electrons. The monoisotopic (exact) mass is 494 g/mol. The van der Waals surface area contributed by atoms with Gasteiger partial charge in [0.25, 0.3) is 11.8 Å². The van der Waals surface area contributed by atoms with Crippen LogP contribution in [0.15, 0.2) is 12.1 Å². The predicted molar refractivity (Wildman–Crippen MR) is 123 cm³/mol. The molecule has 35 heavy (non-hydrogen) atoms. The Morgan fingerprint density at radius 3 is 2.37 bits per heavy atom. The molecule has 1 aromatic rings. The van der Waals surface area contributed by atoms with E-state index in [1.807, 2.05) is 6.92 Å². The summed E-state index contributed by atoms with van der Waals surface area (Å²) >= 11 is 0. The lowest BCUT2D eigenvalue weighted by atomic mass is 9.74. The first kappa shape index (κ1) is 25.5. The number of nitrogens with zero attached hydrogens (tertiary/aromatic N) is 3. The van der Waals surface area contributed by atoms with Crippen LogP contribution >= 0.6 is 0 Å². The fraction of sp³-hybridized carbons (Fsp3) is 0.640. The molecule has 3 heterocycles. The molecular formula is C25H33F3N4O3. The Balaban J connectivity index is 1.43. The summed E-state index contributed by atoms with van der Waals surface area (Å²) in [6.07, 6.45) is 4.98. The Morgan fingerprint density at radius 1 is 1.06 bits per heavy atom. The van der Waals surface area contributed by atoms with Gasteiger partial charge in [0.1, 0.15) is 11.4 Å². The number of amides is 4. The Kier molecular flexibility index (Phi) is 7.40. The zero-order valence-corrected chi connectivity index (χ0v) is 20.3. The number of rotatable bonds is 7. The van der Waals surface area contributed by atoms with E-state index in [4.69, 9.17) is 0 Å². The Morgan fingerprint density at radius 2 is 1.74 bits per heavy atom. The molecule has 0 spiro atoms. The summed E-state index contributed by atoms with van der Waals surface area (Å²) in [6, 6.07) is 0.947. The molecule has 1 aromatic carbocycles. The van der Waals surface area contributed by atoms with Crippen LogP contribution in [0.5, 0.6) is 0 Å². The minimum Gasteiger partial charge on any atom is -0.339 e. The van der Waals surface area contributed by atoms with Crippen molar-refractivity contribution in [1.82, 2.24) is 20.0 Å². The molecule has 4 amide bonds. The summed E-state index contributed by atoms with van der Waals surface area (Å²) < 4.78 is 41.0. The summed E-state index contributed by atoms with van der Waals surface area (Å²) in [4.78, 5) is 44.2. The van der Waals surface area contributed by atoms with E-state index in [0.29, 0.717) is 50.4 Å². The average molecular weight is 495 g/mol. The van der Waals surface area contributed by atoms with Crippen molar-refractivity contribution in [3.05, 3.63) is 35.1 Å². The maximum atomic E-state index is 14.1. The molecule has 2 unspecified atom stereocenters. The second kappa shape index (κ2) is 10.2. The first-order chi connectivity index (χ1) is 16.7. The van der Waals surface area contributed by atoms with E-state index < -0.39 is 34.5 Å². The van der Waals surface area contributed by atoms with Crippen LogP contribution in [0.2, 0.25) is 0 Å². The molecule has 3 aliphatic heterocycles. The fourth-order valence-corrected chi connectivity index (χ4v) is 5.95. The summed E-state index contributed by atoms with van der Waals surface area (Å²) in [6.45, 7) is 3.81. The predicted octanol–water partition coefficient (Wildman–Crippen LogP) is 3.53. The van der Waals surface area contributed by atoms with Gasteiger partial charge in [0.2, 0.25) is 0 Å². The Hall–Kier alpha value is -2.62. The number of nitrogens with one attached hydrogen (secondary N) is 1. The molecule has 0 aromatic heterocycles. The maximum absolute atomic E-state index is 14.1. The molecule has 0 saturated carbocycles. The van der Waals surface area contributed by atoms with Gasteiger partial charge in [0.05, 0.1) is 5.56 Å². The zero-order valence-electron chi connectivity index (χ0n) is 20.3. The molecule has 0 bridgehead atoms. The molecule has 3 fully saturated rings. The average Bonchev–Trinajstić information content (AvgIpc) is 3.35. The van der Waals surface area contributed by atoms with Crippen LogP contribution in [-0.2, 0) is 4.79 Å². The lowest BCUT2D eigenvalue weighted by Gasteiger charge is -2.41. The third-order valence-corrected chi connectivity index (χ3v) is 7.92. The van der Waals surface area contributed by atoms with Crippen LogP contribution in [0.1, 0.15) is 62.2 Å². The molecule has 192 valence electrons. The van der Waals surface area contributed by atoms with Gasteiger partial charge in [-0.25, -0.2) is 18.0 Å². The van der Waals surface area contributed by atoms with Crippen LogP contribution in [-0.4, -0.2) is 77.4 Å². The van der Waals surface area contributed by atoms with Crippen molar-refractivity contribution in [2.75, 3.05) is 33.2 Å². The highest BCUT2D eigenvalue weighted by Crippen LogP contribution is 2.38. The molecule has 7 nitrogen and oxygen atoms in total. The van der Waals surface area contributed by atoms with Gasteiger partial charge in [-0.3, -0.25) is 14.5 Å². The topological polar surface area (TPSA) is 73.0 Å². The molecular weight excluding hydrogens is 461 g/mol. The van der Waals surface area contributed by atoms with E-state index in [1.54, 1.807) is 0 Å². The number of carbonyl (C=O) groups is 3. The zero-order chi connectivity index (χ0) is 25.3. The third kappa shape index (κ3) is 4.77. The van der Waals surface area contributed by atoms with Gasteiger partial charge < -0.3 is 15.1 Å². The van der Waals surface area contributed by atoms with Crippen LogP contribution in [0.3, 0.4) is 0 Å². The summed E-state index contributed by atoms with van der Waals surface area (Å²) in [7, 11) is 2.06. The fourth-order valence-electron chi connectivity index (χ4n) is 5.95. The van der Waals surface area contributed by atoms with E-state index in [2.05, 4.69) is 17.3 Å². The van der Waals surface area contributed by atoms with Crippen molar-refractivity contribution in [1.29, 1.82) is 0 Å². The van der Waals surface area contributed by atoms with E-state index in [9.17, 15) is 27.6 Å².